The number of anilines is 3. The predicted molar refractivity (Wildman–Crippen MR) is 79.9 cm³/mol. The molecule has 0 amide bonds. The quantitative estimate of drug-likeness (QED) is 0.802. The molecule has 0 aliphatic rings. The minimum absolute atomic E-state index is 0.606. The molecule has 2 N–H and O–H groups in total. The van der Waals surface area contributed by atoms with Gasteiger partial charge in [-0.1, -0.05) is 23.8 Å². The van der Waals surface area contributed by atoms with Crippen molar-refractivity contribution < 1.29 is 0 Å². The highest BCUT2D eigenvalue weighted by Gasteiger charge is 2.02. The number of aromatic nitrogens is 2. The van der Waals surface area contributed by atoms with Crippen LogP contribution in [0.5, 0.6) is 0 Å². The molecule has 0 spiro atoms. The van der Waals surface area contributed by atoms with Gasteiger partial charge in [-0.2, -0.15) is 4.98 Å². The largest absolute Gasteiger partial charge is 0.351 e. The summed E-state index contributed by atoms with van der Waals surface area (Å²) in [6, 6.07) is 10.1. The lowest BCUT2D eigenvalue weighted by Gasteiger charge is -2.09. The van der Waals surface area contributed by atoms with E-state index in [1.165, 1.54) is 5.56 Å². The molecule has 0 saturated carbocycles. The molecule has 1 heterocycles. The van der Waals surface area contributed by atoms with Gasteiger partial charge in [0.2, 0.25) is 5.95 Å². The number of hydrogen-bond donors (Lipinski definition) is 2. The lowest BCUT2D eigenvalue weighted by atomic mass is 10.2. The maximum atomic E-state index is 4.41. The summed E-state index contributed by atoms with van der Waals surface area (Å²) in [5.41, 5.74) is 3.16. The maximum Gasteiger partial charge on any atom is 0.225 e. The van der Waals surface area contributed by atoms with Gasteiger partial charge in [-0.25, -0.2) is 4.98 Å². The zero-order valence-electron chi connectivity index (χ0n) is 11.3. The lowest BCUT2D eigenvalue weighted by Crippen LogP contribution is -2.05. The van der Waals surface area contributed by atoms with E-state index in [1.54, 1.807) is 6.08 Å². The van der Waals surface area contributed by atoms with Crippen molar-refractivity contribution in [3.05, 3.63) is 54.2 Å². The molecule has 0 aliphatic heterocycles. The van der Waals surface area contributed by atoms with Gasteiger partial charge in [0.15, 0.2) is 0 Å². The van der Waals surface area contributed by atoms with E-state index in [2.05, 4.69) is 46.2 Å². The second-order valence-corrected chi connectivity index (χ2v) is 4.38. The topological polar surface area (TPSA) is 49.8 Å². The molecular formula is C15H18N4. The smallest absolute Gasteiger partial charge is 0.225 e. The van der Waals surface area contributed by atoms with Gasteiger partial charge in [-0.15, -0.1) is 6.58 Å². The minimum atomic E-state index is 0.606. The van der Waals surface area contributed by atoms with Crippen molar-refractivity contribution in [3.8, 4) is 0 Å². The first-order valence-electron chi connectivity index (χ1n) is 6.21. The molecule has 4 nitrogen and oxygen atoms in total. The van der Waals surface area contributed by atoms with Gasteiger partial charge in [0, 0.05) is 24.0 Å². The standard InChI is InChI=1S/C15H18N4/c1-4-9-16-15-17-12(3)10-14(19-15)18-13-7-5-11(2)6-8-13/h4-8,10H,1,9H2,2-3H3,(H2,16,17,18,19). The highest BCUT2D eigenvalue weighted by molar-refractivity contribution is 5.57. The van der Waals surface area contributed by atoms with E-state index in [9.17, 15) is 0 Å². The first kappa shape index (κ1) is 13.1. The Kier molecular flexibility index (Phi) is 4.13. The molecule has 98 valence electrons. The van der Waals surface area contributed by atoms with Gasteiger partial charge in [0.1, 0.15) is 5.82 Å². The van der Waals surface area contributed by atoms with Gasteiger partial charge in [0.25, 0.3) is 0 Å². The second kappa shape index (κ2) is 6.00. The second-order valence-electron chi connectivity index (χ2n) is 4.38. The summed E-state index contributed by atoms with van der Waals surface area (Å²) in [6.07, 6.45) is 1.78. The van der Waals surface area contributed by atoms with Crippen LogP contribution in [0.3, 0.4) is 0 Å². The molecule has 0 aliphatic carbocycles. The van der Waals surface area contributed by atoms with E-state index < -0.39 is 0 Å². The van der Waals surface area contributed by atoms with E-state index in [0.717, 1.165) is 17.2 Å². The third-order valence-electron chi connectivity index (χ3n) is 2.58. The average molecular weight is 254 g/mol. The van der Waals surface area contributed by atoms with Crippen molar-refractivity contribution in [1.29, 1.82) is 0 Å². The van der Waals surface area contributed by atoms with Crippen LogP contribution < -0.4 is 10.6 Å². The monoisotopic (exact) mass is 254 g/mol. The van der Waals surface area contributed by atoms with Gasteiger partial charge in [-0.05, 0) is 26.0 Å². The molecule has 1 aromatic carbocycles. The first-order chi connectivity index (χ1) is 9.17. The van der Waals surface area contributed by atoms with E-state index >= 15 is 0 Å². The molecular weight excluding hydrogens is 236 g/mol. The highest BCUT2D eigenvalue weighted by atomic mass is 15.1. The Morgan fingerprint density at radius 1 is 1.16 bits per heavy atom. The van der Waals surface area contributed by atoms with Crippen molar-refractivity contribution >= 4 is 17.5 Å². The molecule has 0 fully saturated rings. The van der Waals surface area contributed by atoms with Crippen LogP contribution in [-0.2, 0) is 0 Å². The Labute approximate surface area is 113 Å². The van der Waals surface area contributed by atoms with Crippen molar-refractivity contribution in [2.75, 3.05) is 17.2 Å². The summed E-state index contributed by atoms with van der Waals surface area (Å²) in [6.45, 7) is 8.32. The average Bonchev–Trinajstić information content (AvgIpc) is 2.38. The molecule has 0 atom stereocenters. The molecule has 0 unspecified atom stereocenters. The van der Waals surface area contributed by atoms with Crippen molar-refractivity contribution in [2.24, 2.45) is 0 Å². The summed E-state index contributed by atoms with van der Waals surface area (Å²) in [4.78, 5) is 8.72. The fraction of sp³-hybridized carbons (Fsp3) is 0.200. The number of benzene rings is 1. The summed E-state index contributed by atoms with van der Waals surface area (Å²) >= 11 is 0. The van der Waals surface area contributed by atoms with Gasteiger partial charge in [-0.3, -0.25) is 0 Å². The summed E-state index contributed by atoms with van der Waals surface area (Å²) < 4.78 is 0. The van der Waals surface area contributed by atoms with Crippen molar-refractivity contribution in [3.63, 3.8) is 0 Å². The fourth-order valence-electron chi connectivity index (χ4n) is 1.66. The number of aryl methyl sites for hydroxylation is 2. The predicted octanol–water partition coefficient (Wildman–Crippen LogP) is 3.43. The number of hydrogen-bond acceptors (Lipinski definition) is 4. The molecule has 0 radical (unpaired) electrons. The van der Waals surface area contributed by atoms with Crippen LogP contribution in [0.4, 0.5) is 17.5 Å². The molecule has 0 bridgehead atoms. The Morgan fingerprint density at radius 2 is 1.89 bits per heavy atom. The number of rotatable bonds is 5. The van der Waals surface area contributed by atoms with Gasteiger partial charge in [0.05, 0.1) is 0 Å². The fourth-order valence-corrected chi connectivity index (χ4v) is 1.66. The zero-order chi connectivity index (χ0) is 13.7. The maximum absolute atomic E-state index is 4.41. The van der Waals surface area contributed by atoms with Gasteiger partial charge >= 0.3 is 0 Å². The molecule has 0 saturated heterocycles. The van der Waals surface area contributed by atoms with Crippen LogP contribution in [0.25, 0.3) is 0 Å². The van der Waals surface area contributed by atoms with E-state index in [0.29, 0.717) is 12.5 Å². The third-order valence-corrected chi connectivity index (χ3v) is 2.58. The molecule has 1 aromatic heterocycles. The third kappa shape index (κ3) is 3.81. The number of nitrogens with one attached hydrogen (secondary N) is 2. The summed E-state index contributed by atoms with van der Waals surface area (Å²) in [5.74, 6) is 1.39. The first-order valence-corrected chi connectivity index (χ1v) is 6.21. The summed E-state index contributed by atoms with van der Waals surface area (Å²) in [7, 11) is 0. The van der Waals surface area contributed by atoms with Crippen LogP contribution in [0, 0.1) is 13.8 Å². The number of nitrogens with zero attached hydrogens (tertiary/aromatic N) is 2. The molecule has 2 rings (SSSR count). The molecule has 2 aromatic rings. The van der Waals surface area contributed by atoms with Crippen LogP contribution in [-0.4, -0.2) is 16.5 Å². The Bertz CT molecular complexity index is 561. The Hall–Kier alpha value is -2.36. The van der Waals surface area contributed by atoms with Crippen molar-refractivity contribution in [1.82, 2.24) is 9.97 Å². The van der Waals surface area contributed by atoms with E-state index in [4.69, 9.17) is 0 Å². The minimum Gasteiger partial charge on any atom is -0.351 e. The zero-order valence-corrected chi connectivity index (χ0v) is 11.3. The SMILES string of the molecule is C=CCNc1nc(C)cc(Nc2ccc(C)cc2)n1. The van der Waals surface area contributed by atoms with Crippen LogP contribution in [0.2, 0.25) is 0 Å². The molecule has 19 heavy (non-hydrogen) atoms. The van der Waals surface area contributed by atoms with Crippen LogP contribution >= 0.6 is 0 Å². The van der Waals surface area contributed by atoms with E-state index in [1.807, 2.05) is 25.1 Å². The van der Waals surface area contributed by atoms with E-state index in [-0.39, 0.29) is 0 Å². The van der Waals surface area contributed by atoms with Crippen molar-refractivity contribution in [2.45, 2.75) is 13.8 Å². The normalized spacial score (nSPS) is 10.0. The van der Waals surface area contributed by atoms with Crippen LogP contribution in [0.1, 0.15) is 11.3 Å². The summed E-state index contributed by atoms with van der Waals surface area (Å²) in [5, 5.41) is 6.36. The molecule has 4 heteroatoms. The van der Waals surface area contributed by atoms with Crippen LogP contribution in [0.15, 0.2) is 43.0 Å². The lowest BCUT2D eigenvalue weighted by molar-refractivity contribution is 1.08. The Morgan fingerprint density at radius 3 is 2.58 bits per heavy atom. The highest BCUT2D eigenvalue weighted by Crippen LogP contribution is 2.17. The van der Waals surface area contributed by atoms with Gasteiger partial charge < -0.3 is 10.6 Å². The Balaban J connectivity index is 2.17.